The summed E-state index contributed by atoms with van der Waals surface area (Å²) in [4.78, 5) is 25.4. The first-order valence-electron chi connectivity index (χ1n) is 4.67. The van der Waals surface area contributed by atoms with Gasteiger partial charge in [0.2, 0.25) is 5.91 Å². The SMILES string of the molecule is [CH2]C(=O)N1CCN(C(=O)OCC)CC1. The minimum atomic E-state index is -0.302. The first kappa shape index (κ1) is 10.8. The van der Waals surface area contributed by atoms with Crippen LogP contribution in [0.1, 0.15) is 6.92 Å². The number of amides is 2. The highest BCUT2D eigenvalue weighted by molar-refractivity contribution is 5.80. The summed E-state index contributed by atoms with van der Waals surface area (Å²) in [6, 6.07) is 0. The van der Waals surface area contributed by atoms with E-state index in [0.717, 1.165) is 0 Å². The molecule has 1 aliphatic rings. The zero-order valence-electron chi connectivity index (χ0n) is 8.36. The van der Waals surface area contributed by atoms with Crippen molar-refractivity contribution in [1.82, 2.24) is 9.80 Å². The lowest BCUT2D eigenvalue weighted by Gasteiger charge is -2.33. The largest absolute Gasteiger partial charge is 0.450 e. The minimum absolute atomic E-state index is 0.187. The smallest absolute Gasteiger partial charge is 0.409 e. The molecule has 1 heterocycles. The van der Waals surface area contributed by atoms with E-state index in [9.17, 15) is 9.59 Å². The van der Waals surface area contributed by atoms with Crippen LogP contribution >= 0.6 is 0 Å². The molecule has 0 spiro atoms. The van der Waals surface area contributed by atoms with Crippen LogP contribution in [0.2, 0.25) is 0 Å². The Hall–Kier alpha value is -1.26. The maximum Gasteiger partial charge on any atom is 0.409 e. The summed E-state index contributed by atoms with van der Waals surface area (Å²) in [6.45, 7) is 7.62. The Morgan fingerprint density at radius 2 is 1.71 bits per heavy atom. The van der Waals surface area contributed by atoms with E-state index in [1.807, 2.05) is 0 Å². The highest BCUT2D eigenvalue weighted by Gasteiger charge is 2.22. The average Bonchev–Trinajstić information content (AvgIpc) is 2.18. The maximum absolute atomic E-state index is 11.3. The molecule has 0 bridgehead atoms. The van der Waals surface area contributed by atoms with E-state index in [1.165, 1.54) is 0 Å². The Balaban J connectivity index is 2.35. The Bertz CT molecular complexity index is 222. The van der Waals surface area contributed by atoms with E-state index in [-0.39, 0.29) is 12.0 Å². The number of ether oxygens (including phenoxy) is 1. The molecule has 5 heteroatoms. The van der Waals surface area contributed by atoms with Crippen molar-refractivity contribution in [3.63, 3.8) is 0 Å². The molecule has 1 rings (SSSR count). The van der Waals surface area contributed by atoms with Crippen LogP contribution in [-0.2, 0) is 9.53 Å². The second kappa shape index (κ2) is 4.83. The molecule has 0 aliphatic carbocycles. The molecule has 5 nitrogen and oxygen atoms in total. The lowest BCUT2D eigenvalue weighted by atomic mass is 10.3. The summed E-state index contributed by atoms with van der Waals surface area (Å²) in [5.41, 5.74) is 0. The quantitative estimate of drug-likeness (QED) is 0.602. The molecule has 79 valence electrons. The summed E-state index contributed by atoms with van der Waals surface area (Å²) in [6.07, 6.45) is -0.302. The van der Waals surface area contributed by atoms with Crippen LogP contribution in [0.5, 0.6) is 0 Å². The van der Waals surface area contributed by atoms with Crippen LogP contribution in [-0.4, -0.2) is 54.6 Å². The molecular formula is C9H15N2O3. The monoisotopic (exact) mass is 199 g/mol. The van der Waals surface area contributed by atoms with Crippen molar-refractivity contribution in [3.8, 4) is 0 Å². The number of rotatable bonds is 1. The third-order valence-corrected chi connectivity index (χ3v) is 2.16. The molecule has 0 atom stereocenters. The van der Waals surface area contributed by atoms with Gasteiger partial charge in [-0.25, -0.2) is 4.79 Å². The molecule has 0 aromatic carbocycles. The van der Waals surface area contributed by atoms with Gasteiger partial charge in [0.25, 0.3) is 0 Å². The van der Waals surface area contributed by atoms with Gasteiger partial charge in [0.05, 0.1) is 6.61 Å². The van der Waals surface area contributed by atoms with Crippen LogP contribution in [0.25, 0.3) is 0 Å². The van der Waals surface area contributed by atoms with Gasteiger partial charge >= 0.3 is 6.09 Å². The van der Waals surface area contributed by atoms with Gasteiger partial charge < -0.3 is 14.5 Å². The zero-order valence-corrected chi connectivity index (χ0v) is 8.36. The third kappa shape index (κ3) is 2.61. The number of hydrogen-bond donors (Lipinski definition) is 0. The van der Waals surface area contributed by atoms with Crippen LogP contribution in [0.3, 0.4) is 0 Å². The van der Waals surface area contributed by atoms with Gasteiger partial charge in [-0.15, -0.1) is 0 Å². The number of nitrogens with zero attached hydrogens (tertiary/aromatic N) is 2. The van der Waals surface area contributed by atoms with E-state index >= 15 is 0 Å². The molecular weight excluding hydrogens is 184 g/mol. The molecule has 1 fully saturated rings. The normalized spacial score (nSPS) is 16.7. The van der Waals surface area contributed by atoms with Gasteiger partial charge in [0.1, 0.15) is 0 Å². The van der Waals surface area contributed by atoms with Crippen LogP contribution < -0.4 is 0 Å². The molecule has 1 radical (unpaired) electrons. The summed E-state index contributed by atoms with van der Waals surface area (Å²) in [5, 5.41) is 0. The predicted molar refractivity (Wildman–Crippen MR) is 50.5 cm³/mol. The van der Waals surface area contributed by atoms with Gasteiger partial charge in [-0.1, -0.05) is 0 Å². The molecule has 1 saturated heterocycles. The minimum Gasteiger partial charge on any atom is -0.450 e. The van der Waals surface area contributed by atoms with Gasteiger partial charge in [0, 0.05) is 33.1 Å². The number of carbonyl (C=O) groups is 2. The highest BCUT2D eigenvalue weighted by atomic mass is 16.6. The van der Waals surface area contributed by atoms with Gasteiger partial charge in [-0.05, 0) is 6.92 Å². The van der Waals surface area contributed by atoms with Gasteiger partial charge in [-0.2, -0.15) is 0 Å². The maximum atomic E-state index is 11.3. The van der Waals surface area contributed by atoms with E-state index in [1.54, 1.807) is 16.7 Å². The fraction of sp³-hybridized carbons (Fsp3) is 0.667. The topological polar surface area (TPSA) is 49.9 Å². The summed E-state index contributed by atoms with van der Waals surface area (Å²) >= 11 is 0. The van der Waals surface area contributed by atoms with Crippen molar-refractivity contribution in [2.24, 2.45) is 0 Å². The number of carbonyl (C=O) groups excluding carboxylic acids is 2. The Morgan fingerprint density at radius 1 is 1.21 bits per heavy atom. The van der Waals surface area contributed by atoms with E-state index < -0.39 is 0 Å². The molecule has 1 aliphatic heterocycles. The van der Waals surface area contributed by atoms with Crippen molar-refractivity contribution in [2.75, 3.05) is 32.8 Å². The van der Waals surface area contributed by atoms with Gasteiger partial charge in [-0.3, -0.25) is 4.79 Å². The van der Waals surface area contributed by atoms with Gasteiger partial charge in [0.15, 0.2) is 0 Å². The van der Waals surface area contributed by atoms with Crippen molar-refractivity contribution < 1.29 is 14.3 Å². The van der Waals surface area contributed by atoms with Crippen molar-refractivity contribution in [2.45, 2.75) is 6.92 Å². The van der Waals surface area contributed by atoms with Crippen LogP contribution in [0.15, 0.2) is 0 Å². The second-order valence-corrected chi connectivity index (χ2v) is 3.07. The van der Waals surface area contributed by atoms with E-state index in [0.29, 0.717) is 32.8 Å². The van der Waals surface area contributed by atoms with E-state index in [2.05, 4.69) is 6.92 Å². The first-order valence-corrected chi connectivity index (χ1v) is 4.67. The number of piperazine rings is 1. The Kier molecular flexibility index (Phi) is 3.73. The summed E-state index contributed by atoms with van der Waals surface area (Å²) in [7, 11) is 0. The molecule has 0 aromatic heterocycles. The molecule has 14 heavy (non-hydrogen) atoms. The molecule has 0 aromatic rings. The highest BCUT2D eigenvalue weighted by Crippen LogP contribution is 2.03. The third-order valence-electron chi connectivity index (χ3n) is 2.16. The molecule has 2 amide bonds. The van der Waals surface area contributed by atoms with Crippen molar-refractivity contribution in [1.29, 1.82) is 0 Å². The standard InChI is InChI=1S/C9H15N2O3/c1-3-14-9(13)11-6-4-10(5-7-11)8(2)12/h2-7H2,1H3. The Labute approximate surface area is 83.6 Å². The lowest BCUT2D eigenvalue weighted by molar-refractivity contribution is -0.127. The summed E-state index contributed by atoms with van der Waals surface area (Å²) < 4.78 is 4.84. The zero-order chi connectivity index (χ0) is 10.6. The van der Waals surface area contributed by atoms with Crippen LogP contribution in [0, 0.1) is 6.92 Å². The first-order chi connectivity index (χ1) is 6.65. The van der Waals surface area contributed by atoms with Crippen molar-refractivity contribution in [3.05, 3.63) is 6.92 Å². The van der Waals surface area contributed by atoms with E-state index in [4.69, 9.17) is 4.74 Å². The average molecular weight is 199 g/mol. The molecule has 0 saturated carbocycles. The molecule has 0 N–H and O–H groups in total. The number of hydrogen-bond acceptors (Lipinski definition) is 3. The summed E-state index contributed by atoms with van der Waals surface area (Å²) in [5.74, 6) is -0.187. The molecule has 0 unspecified atom stereocenters. The fourth-order valence-corrected chi connectivity index (χ4v) is 1.35. The fourth-order valence-electron chi connectivity index (χ4n) is 1.35. The van der Waals surface area contributed by atoms with Crippen LogP contribution in [0.4, 0.5) is 4.79 Å². The predicted octanol–water partition coefficient (Wildman–Crippen LogP) is 0.121. The second-order valence-electron chi connectivity index (χ2n) is 3.07. The lowest BCUT2D eigenvalue weighted by Crippen LogP contribution is -2.50. The Morgan fingerprint density at radius 3 is 2.14 bits per heavy atom. The van der Waals surface area contributed by atoms with Crippen molar-refractivity contribution >= 4 is 12.0 Å².